The molecule has 20 heavy (non-hydrogen) atoms. The molecular weight excluding hydrogens is 279 g/mol. The summed E-state index contributed by atoms with van der Waals surface area (Å²) in [5.41, 5.74) is -1.59. The molecule has 0 bridgehead atoms. The molecule has 0 aromatic carbocycles. The van der Waals surface area contributed by atoms with Crippen molar-refractivity contribution < 1.29 is 22.0 Å². The first kappa shape index (κ1) is 13.7. The van der Waals surface area contributed by atoms with Gasteiger partial charge < -0.3 is 5.32 Å². The van der Waals surface area contributed by atoms with Gasteiger partial charge in [-0.25, -0.2) is 8.78 Å². The highest BCUT2D eigenvalue weighted by atomic mass is 19.4. The number of hydrogen-bond acceptors (Lipinski definition) is 2. The topological polar surface area (TPSA) is 24.9 Å². The zero-order valence-electron chi connectivity index (χ0n) is 10.5. The van der Waals surface area contributed by atoms with Crippen LogP contribution in [0.1, 0.15) is 24.1 Å². The summed E-state index contributed by atoms with van der Waals surface area (Å²) in [6, 6.07) is 1.45. The Morgan fingerprint density at radius 3 is 2.15 bits per heavy atom. The summed E-state index contributed by atoms with van der Waals surface area (Å²) in [5.74, 6) is -3.92. The van der Waals surface area contributed by atoms with Crippen LogP contribution in [0.5, 0.6) is 0 Å². The largest absolute Gasteiger partial charge is 0.433 e. The summed E-state index contributed by atoms with van der Waals surface area (Å²) < 4.78 is 65.4. The van der Waals surface area contributed by atoms with Crippen LogP contribution < -0.4 is 5.32 Å². The number of rotatable bonds is 2. The summed E-state index contributed by atoms with van der Waals surface area (Å²) in [5, 5.41) is 3.06. The Labute approximate surface area is 112 Å². The minimum Gasteiger partial charge on any atom is -0.316 e. The lowest BCUT2D eigenvalue weighted by Gasteiger charge is -2.56. The minimum atomic E-state index is -4.61. The average Bonchev–Trinajstić information content (AvgIpc) is 2.24. The molecule has 2 fully saturated rings. The molecule has 1 spiro atoms. The molecule has 0 atom stereocenters. The van der Waals surface area contributed by atoms with Gasteiger partial charge in [0, 0.05) is 30.8 Å². The van der Waals surface area contributed by atoms with Gasteiger partial charge in [0.15, 0.2) is 0 Å². The third-order valence-corrected chi connectivity index (χ3v) is 4.31. The van der Waals surface area contributed by atoms with Crippen LogP contribution in [0.15, 0.2) is 18.3 Å². The summed E-state index contributed by atoms with van der Waals surface area (Å²) in [4.78, 5) is 3.11. The molecule has 1 aliphatic carbocycles. The zero-order valence-corrected chi connectivity index (χ0v) is 10.5. The van der Waals surface area contributed by atoms with Gasteiger partial charge >= 0.3 is 6.18 Å². The SMILES string of the molecule is FC(F)(F)c1ccc(C(F)(F)C2CC3(CNC3)C2)cn1. The van der Waals surface area contributed by atoms with Crippen LogP contribution in [0, 0.1) is 11.3 Å². The zero-order chi connectivity index (χ0) is 14.6. The molecule has 2 aliphatic rings. The van der Waals surface area contributed by atoms with E-state index in [1.54, 1.807) is 0 Å². The third-order valence-electron chi connectivity index (χ3n) is 4.31. The fourth-order valence-corrected chi connectivity index (χ4v) is 3.00. The molecule has 1 saturated carbocycles. The van der Waals surface area contributed by atoms with Crippen molar-refractivity contribution in [3.05, 3.63) is 29.6 Å². The van der Waals surface area contributed by atoms with Gasteiger partial charge in [0.1, 0.15) is 5.69 Å². The van der Waals surface area contributed by atoms with E-state index in [0.717, 1.165) is 19.2 Å². The van der Waals surface area contributed by atoms with Crippen molar-refractivity contribution in [3.63, 3.8) is 0 Å². The van der Waals surface area contributed by atoms with Crippen LogP contribution in [-0.2, 0) is 12.1 Å². The van der Waals surface area contributed by atoms with E-state index in [2.05, 4.69) is 10.3 Å². The van der Waals surface area contributed by atoms with Crippen molar-refractivity contribution in [2.75, 3.05) is 13.1 Å². The number of nitrogens with zero attached hydrogens (tertiary/aromatic N) is 1. The first-order chi connectivity index (χ1) is 9.23. The Balaban J connectivity index is 1.74. The van der Waals surface area contributed by atoms with E-state index < -0.39 is 29.3 Å². The second kappa shape index (κ2) is 4.13. The predicted molar refractivity (Wildman–Crippen MR) is 61.2 cm³/mol. The van der Waals surface area contributed by atoms with E-state index in [1.165, 1.54) is 0 Å². The molecule has 3 rings (SSSR count). The molecule has 0 amide bonds. The molecular formula is C13H13F5N2. The summed E-state index contributed by atoms with van der Waals surface area (Å²) in [6.45, 7) is 1.51. The van der Waals surface area contributed by atoms with Gasteiger partial charge in [-0.1, -0.05) is 0 Å². The second-order valence-electron chi connectivity index (χ2n) is 5.76. The van der Waals surface area contributed by atoms with Gasteiger partial charge in [-0.2, -0.15) is 13.2 Å². The Bertz CT molecular complexity index is 496. The monoisotopic (exact) mass is 292 g/mol. The van der Waals surface area contributed by atoms with Gasteiger partial charge in [-0.3, -0.25) is 4.98 Å². The Morgan fingerprint density at radius 1 is 1.10 bits per heavy atom. The molecule has 1 saturated heterocycles. The van der Waals surface area contributed by atoms with Crippen LogP contribution >= 0.6 is 0 Å². The van der Waals surface area contributed by atoms with Crippen molar-refractivity contribution in [1.82, 2.24) is 10.3 Å². The molecule has 2 heterocycles. The van der Waals surface area contributed by atoms with Gasteiger partial charge in [0.25, 0.3) is 5.92 Å². The van der Waals surface area contributed by atoms with Gasteiger partial charge in [0.05, 0.1) is 0 Å². The molecule has 0 unspecified atom stereocenters. The van der Waals surface area contributed by atoms with Crippen molar-refractivity contribution in [2.45, 2.75) is 24.9 Å². The van der Waals surface area contributed by atoms with Crippen molar-refractivity contribution in [2.24, 2.45) is 11.3 Å². The first-order valence-corrected chi connectivity index (χ1v) is 6.35. The molecule has 1 aliphatic heterocycles. The number of alkyl halides is 5. The maximum atomic E-state index is 14.2. The Kier molecular flexibility index (Phi) is 2.83. The molecule has 1 aromatic rings. The van der Waals surface area contributed by atoms with E-state index in [4.69, 9.17) is 0 Å². The van der Waals surface area contributed by atoms with Crippen LogP contribution in [0.3, 0.4) is 0 Å². The minimum absolute atomic E-state index is 0.00651. The first-order valence-electron chi connectivity index (χ1n) is 6.35. The highest BCUT2D eigenvalue weighted by Crippen LogP contribution is 2.57. The summed E-state index contributed by atoms with van der Waals surface area (Å²) in [6.07, 6.45) is -3.14. The lowest BCUT2D eigenvalue weighted by Crippen LogP contribution is -2.62. The second-order valence-corrected chi connectivity index (χ2v) is 5.76. The van der Waals surface area contributed by atoms with Crippen LogP contribution in [0.2, 0.25) is 0 Å². The van der Waals surface area contributed by atoms with E-state index in [0.29, 0.717) is 25.1 Å². The highest BCUT2D eigenvalue weighted by Gasteiger charge is 2.57. The van der Waals surface area contributed by atoms with Crippen LogP contribution in [0.4, 0.5) is 22.0 Å². The van der Waals surface area contributed by atoms with E-state index in [9.17, 15) is 22.0 Å². The van der Waals surface area contributed by atoms with E-state index >= 15 is 0 Å². The highest BCUT2D eigenvalue weighted by molar-refractivity contribution is 5.23. The molecule has 2 nitrogen and oxygen atoms in total. The number of hydrogen-bond donors (Lipinski definition) is 1. The normalized spacial score (nSPS) is 22.4. The molecule has 1 N–H and O–H groups in total. The average molecular weight is 292 g/mol. The van der Waals surface area contributed by atoms with Gasteiger partial charge in [-0.15, -0.1) is 0 Å². The third kappa shape index (κ3) is 2.08. The van der Waals surface area contributed by atoms with Crippen LogP contribution in [-0.4, -0.2) is 18.1 Å². The summed E-state index contributed by atoms with van der Waals surface area (Å²) >= 11 is 0. The van der Waals surface area contributed by atoms with Gasteiger partial charge in [0.2, 0.25) is 0 Å². The molecule has 0 radical (unpaired) electrons. The number of pyridine rings is 1. The van der Waals surface area contributed by atoms with Crippen molar-refractivity contribution in [1.29, 1.82) is 0 Å². The Hall–Kier alpha value is -1.24. The smallest absolute Gasteiger partial charge is 0.316 e. The van der Waals surface area contributed by atoms with Crippen LogP contribution in [0.25, 0.3) is 0 Å². The number of halogens is 5. The number of aromatic nitrogens is 1. The van der Waals surface area contributed by atoms with Gasteiger partial charge in [-0.05, 0) is 30.4 Å². The molecule has 7 heteroatoms. The summed E-state index contributed by atoms with van der Waals surface area (Å²) in [7, 11) is 0. The quantitative estimate of drug-likeness (QED) is 0.847. The van der Waals surface area contributed by atoms with E-state index in [1.807, 2.05) is 0 Å². The van der Waals surface area contributed by atoms with Crippen molar-refractivity contribution >= 4 is 0 Å². The maximum Gasteiger partial charge on any atom is 0.433 e. The molecule has 1 aromatic heterocycles. The predicted octanol–water partition coefficient (Wildman–Crippen LogP) is 3.19. The Morgan fingerprint density at radius 2 is 1.75 bits per heavy atom. The number of nitrogens with one attached hydrogen (secondary N) is 1. The lowest BCUT2D eigenvalue weighted by molar-refractivity contribution is -0.156. The molecule has 110 valence electrons. The maximum absolute atomic E-state index is 14.2. The van der Waals surface area contributed by atoms with Crippen molar-refractivity contribution in [3.8, 4) is 0 Å². The fourth-order valence-electron chi connectivity index (χ4n) is 3.00. The lowest BCUT2D eigenvalue weighted by atomic mass is 9.56. The van der Waals surface area contributed by atoms with E-state index in [-0.39, 0.29) is 5.41 Å². The standard InChI is InChI=1S/C13H13F5N2/c14-12(15,9-3-11(4-9)6-19-7-11)8-1-2-10(20-5-8)13(16,17)18/h1-2,5,9,19H,3-4,6-7H2. The fraction of sp³-hybridized carbons (Fsp3) is 0.615.